The Hall–Kier alpha value is -3.50. The van der Waals surface area contributed by atoms with Gasteiger partial charge in [-0.05, 0) is 47.5 Å². The molecule has 1 N–H and O–H groups in total. The summed E-state index contributed by atoms with van der Waals surface area (Å²) < 4.78 is 1.16. The van der Waals surface area contributed by atoms with Crippen molar-refractivity contribution in [3.63, 3.8) is 0 Å². The van der Waals surface area contributed by atoms with Gasteiger partial charge in [0.1, 0.15) is 5.01 Å². The number of benzene rings is 4. The smallest absolute Gasteiger partial charge is 0.256 e. The van der Waals surface area contributed by atoms with Crippen molar-refractivity contribution >= 4 is 43.9 Å². The summed E-state index contributed by atoms with van der Waals surface area (Å²) >= 11 is 1.66. The summed E-state index contributed by atoms with van der Waals surface area (Å²) in [5.41, 5.74) is 4.50. The predicted octanol–water partition coefficient (Wildman–Crippen LogP) is 6.68. The van der Waals surface area contributed by atoms with E-state index < -0.39 is 0 Å². The quantitative estimate of drug-likeness (QED) is 0.371. The Morgan fingerprint density at radius 1 is 0.897 bits per heavy atom. The Balaban J connectivity index is 1.51. The van der Waals surface area contributed by atoms with Crippen LogP contribution in [-0.4, -0.2) is 10.9 Å². The van der Waals surface area contributed by atoms with Crippen molar-refractivity contribution < 1.29 is 4.79 Å². The van der Waals surface area contributed by atoms with Gasteiger partial charge in [0.15, 0.2) is 0 Å². The fourth-order valence-electron chi connectivity index (χ4n) is 3.50. The summed E-state index contributed by atoms with van der Waals surface area (Å²) in [6.45, 7) is 2.00. The number of amides is 1. The number of aromatic nitrogens is 1. The zero-order valence-electron chi connectivity index (χ0n) is 15.8. The van der Waals surface area contributed by atoms with E-state index in [0.29, 0.717) is 5.56 Å². The molecule has 1 heterocycles. The van der Waals surface area contributed by atoms with E-state index in [1.165, 1.54) is 0 Å². The third kappa shape index (κ3) is 3.28. The van der Waals surface area contributed by atoms with Crippen molar-refractivity contribution in [3.8, 4) is 10.6 Å². The molecule has 0 spiro atoms. The van der Waals surface area contributed by atoms with Crippen molar-refractivity contribution in [1.29, 1.82) is 0 Å². The molecule has 29 heavy (non-hydrogen) atoms. The average molecular weight is 394 g/mol. The molecule has 4 heteroatoms. The lowest BCUT2D eigenvalue weighted by Gasteiger charge is -2.11. The normalized spacial score (nSPS) is 11.1. The molecule has 3 nitrogen and oxygen atoms in total. The molecule has 0 atom stereocenters. The fraction of sp³-hybridized carbons (Fsp3) is 0.0400. The molecule has 0 saturated carbocycles. The van der Waals surface area contributed by atoms with Crippen LogP contribution < -0.4 is 5.32 Å². The Kier molecular flexibility index (Phi) is 4.34. The highest BCUT2D eigenvalue weighted by Crippen LogP contribution is 2.32. The molecule has 5 rings (SSSR count). The van der Waals surface area contributed by atoms with Gasteiger partial charge in [-0.2, -0.15) is 0 Å². The lowest BCUT2D eigenvalue weighted by molar-refractivity contribution is 0.102. The van der Waals surface area contributed by atoms with Crippen LogP contribution in [0.5, 0.6) is 0 Å². The average Bonchev–Trinajstić information content (AvgIpc) is 3.19. The molecule has 140 valence electrons. The van der Waals surface area contributed by atoms with Crippen LogP contribution in [0.15, 0.2) is 84.9 Å². The minimum absolute atomic E-state index is 0.105. The first-order chi connectivity index (χ1) is 14.2. The van der Waals surface area contributed by atoms with Gasteiger partial charge in [-0.15, -0.1) is 11.3 Å². The van der Waals surface area contributed by atoms with Crippen molar-refractivity contribution in [2.24, 2.45) is 0 Å². The van der Waals surface area contributed by atoms with Gasteiger partial charge in [-0.25, -0.2) is 4.98 Å². The second-order valence-electron chi connectivity index (χ2n) is 7.00. The third-order valence-corrected chi connectivity index (χ3v) is 6.15. The van der Waals surface area contributed by atoms with Gasteiger partial charge in [0.05, 0.1) is 10.2 Å². The maximum atomic E-state index is 13.0. The van der Waals surface area contributed by atoms with Crippen molar-refractivity contribution in [2.75, 3.05) is 5.32 Å². The lowest BCUT2D eigenvalue weighted by atomic mass is 10.0. The minimum Gasteiger partial charge on any atom is -0.322 e. The Labute approximate surface area is 172 Å². The van der Waals surface area contributed by atoms with E-state index in [9.17, 15) is 4.79 Å². The van der Waals surface area contributed by atoms with Gasteiger partial charge in [-0.1, -0.05) is 60.7 Å². The van der Waals surface area contributed by atoms with Crippen LogP contribution >= 0.6 is 11.3 Å². The van der Waals surface area contributed by atoms with Gasteiger partial charge < -0.3 is 5.32 Å². The van der Waals surface area contributed by atoms with Gasteiger partial charge in [0, 0.05) is 16.8 Å². The van der Waals surface area contributed by atoms with Crippen molar-refractivity contribution in [2.45, 2.75) is 6.92 Å². The number of carbonyl (C=O) groups is 1. The molecule has 4 aromatic carbocycles. The number of para-hydroxylation sites is 1. The number of fused-ring (bicyclic) bond motifs is 2. The molecule has 0 radical (unpaired) electrons. The van der Waals surface area contributed by atoms with Crippen LogP contribution in [0, 0.1) is 6.92 Å². The van der Waals surface area contributed by atoms with Gasteiger partial charge in [-0.3, -0.25) is 4.79 Å². The summed E-state index contributed by atoms with van der Waals surface area (Å²) in [7, 11) is 0. The molecule has 0 bridgehead atoms. The number of nitrogens with one attached hydrogen (secondary N) is 1. The molecule has 0 saturated heterocycles. The predicted molar refractivity (Wildman–Crippen MR) is 122 cm³/mol. The number of carbonyl (C=O) groups excluding carboxylic acids is 1. The van der Waals surface area contributed by atoms with E-state index >= 15 is 0 Å². The zero-order chi connectivity index (χ0) is 19.8. The molecule has 5 aromatic rings. The van der Waals surface area contributed by atoms with E-state index in [1.54, 1.807) is 11.3 Å². The first-order valence-corrected chi connectivity index (χ1v) is 10.3. The SMILES string of the molecule is Cc1ccc(-c2nc3ccccc3s2)cc1NC(=O)c1cccc2ccccc12. The van der Waals surface area contributed by atoms with Crippen LogP contribution in [0.3, 0.4) is 0 Å². The number of nitrogens with zero attached hydrogens (tertiary/aromatic N) is 1. The van der Waals surface area contributed by atoms with Crippen molar-refractivity contribution in [1.82, 2.24) is 4.98 Å². The first kappa shape index (κ1) is 17.6. The molecule has 0 aliphatic rings. The number of hydrogen-bond acceptors (Lipinski definition) is 3. The van der Waals surface area contributed by atoms with E-state index in [-0.39, 0.29) is 5.91 Å². The second-order valence-corrected chi connectivity index (χ2v) is 8.03. The highest BCUT2D eigenvalue weighted by molar-refractivity contribution is 7.21. The molecule has 0 aliphatic carbocycles. The summed E-state index contributed by atoms with van der Waals surface area (Å²) in [5, 5.41) is 6.06. The Bertz CT molecular complexity index is 1330. The maximum Gasteiger partial charge on any atom is 0.256 e. The molecule has 1 aromatic heterocycles. The largest absolute Gasteiger partial charge is 0.322 e. The monoisotopic (exact) mass is 394 g/mol. The summed E-state index contributed by atoms with van der Waals surface area (Å²) in [4.78, 5) is 17.8. The standard InChI is InChI=1S/C25H18N2OS/c1-16-13-14-18(25-27-21-11-4-5-12-23(21)29-25)15-22(16)26-24(28)20-10-6-8-17-7-2-3-9-19(17)20/h2-15H,1H3,(H,26,28). The highest BCUT2D eigenvalue weighted by atomic mass is 32.1. The summed E-state index contributed by atoms with van der Waals surface area (Å²) in [5.74, 6) is -0.105. The van der Waals surface area contributed by atoms with Crippen LogP contribution in [0.25, 0.3) is 31.6 Å². The molecule has 0 fully saturated rings. The van der Waals surface area contributed by atoms with Gasteiger partial charge in [0.25, 0.3) is 5.91 Å². The number of aryl methyl sites for hydroxylation is 1. The van der Waals surface area contributed by atoms with Crippen LogP contribution in [-0.2, 0) is 0 Å². The molecular weight excluding hydrogens is 376 g/mol. The molecule has 0 aliphatic heterocycles. The van der Waals surface area contributed by atoms with E-state index in [1.807, 2.05) is 79.7 Å². The number of anilines is 1. The first-order valence-electron chi connectivity index (χ1n) is 9.45. The van der Waals surface area contributed by atoms with E-state index in [4.69, 9.17) is 4.98 Å². The van der Waals surface area contributed by atoms with Crippen LogP contribution in [0.4, 0.5) is 5.69 Å². The second kappa shape index (κ2) is 7.15. The number of rotatable bonds is 3. The summed E-state index contributed by atoms with van der Waals surface area (Å²) in [6.07, 6.45) is 0. The van der Waals surface area contributed by atoms with E-state index in [2.05, 4.69) is 17.4 Å². The lowest BCUT2D eigenvalue weighted by Crippen LogP contribution is -2.13. The van der Waals surface area contributed by atoms with Crippen LogP contribution in [0.2, 0.25) is 0 Å². The van der Waals surface area contributed by atoms with Crippen LogP contribution in [0.1, 0.15) is 15.9 Å². The maximum absolute atomic E-state index is 13.0. The van der Waals surface area contributed by atoms with Gasteiger partial charge in [0.2, 0.25) is 0 Å². The zero-order valence-corrected chi connectivity index (χ0v) is 16.7. The molecule has 1 amide bonds. The number of thiazole rings is 1. The number of hydrogen-bond donors (Lipinski definition) is 1. The summed E-state index contributed by atoms with van der Waals surface area (Å²) in [6, 6.07) is 28.0. The molecule has 0 unspecified atom stereocenters. The Morgan fingerprint density at radius 2 is 1.69 bits per heavy atom. The van der Waals surface area contributed by atoms with Gasteiger partial charge >= 0.3 is 0 Å². The fourth-order valence-corrected chi connectivity index (χ4v) is 4.46. The highest BCUT2D eigenvalue weighted by Gasteiger charge is 2.13. The third-order valence-electron chi connectivity index (χ3n) is 5.06. The molecular formula is C25H18N2OS. The Morgan fingerprint density at radius 3 is 2.59 bits per heavy atom. The topological polar surface area (TPSA) is 42.0 Å². The van der Waals surface area contributed by atoms with Crippen molar-refractivity contribution in [3.05, 3.63) is 96.1 Å². The van der Waals surface area contributed by atoms with E-state index in [0.717, 1.165) is 42.8 Å². The minimum atomic E-state index is -0.105.